The van der Waals surface area contributed by atoms with Gasteiger partial charge in [0, 0.05) is 0 Å². The average Bonchev–Trinajstić information content (AvgIpc) is 2.20. The summed E-state index contributed by atoms with van der Waals surface area (Å²) in [6.45, 7) is 6.07. The van der Waals surface area contributed by atoms with Gasteiger partial charge in [-0.05, 0) is 24.1 Å². The molecule has 0 saturated heterocycles. The van der Waals surface area contributed by atoms with Crippen molar-refractivity contribution >= 4 is 6.08 Å². The summed E-state index contributed by atoms with van der Waals surface area (Å²) in [5.41, 5.74) is 1.05. The van der Waals surface area contributed by atoms with Crippen molar-refractivity contribution < 1.29 is 4.39 Å². The Bertz CT molecular complexity index is 234. The highest BCUT2D eigenvalue weighted by atomic mass is 19.1. The summed E-state index contributed by atoms with van der Waals surface area (Å²) >= 11 is 0. The molecule has 13 heavy (non-hydrogen) atoms. The Morgan fingerprint density at radius 2 is 1.69 bits per heavy atom. The Hall–Kier alpha value is -1.11. The number of benzene rings is 1. The molecule has 1 rings (SSSR count). The highest BCUT2D eigenvalue weighted by Gasteiger charge is 1.86. The van der Waals surface area contributed by atoms with Crippen molar-refractivity contribution in [3.05, 3.63) is 41.7 Å². The third kappa shape index (κ3) is 5.18. The molecule has 1 aromatic rings. The lowest BCUT2D eigenvalue weighted by Crippen LogP contribution is -1.73. The van der Waals surface area contributed by atoms with Gasteiger partial charge in [0.25, 0.3) is 0 Å². The smallest absolute Gasteiger partial charge is 0.123 e. The van der Waals surface area contributed by atoms with Crippen molar-refractivity contribution in [1.29, 1.82) is 0 Å². The molecule has 0 aromatic heterocycles. The third-order valence-corrected chi connectivity index (χ3v) is 1.42. The van der Waals surface area contributed by atoms with Gasteiger partial charge in [0.2, 0.25) is 0 Å². The van der Waals surface area contributed by atoms with E-state index in [0.717, 1.165) is 12.0 Å². The van der Waals surface area contributed by atoms with Gasteiger partial charge in [-0.3, -0.25) is 0 Å². The highest BCUT2D eigenvalue weighted by Crippen LogP contribution is 2.04. The second-order valence-corrected chi connectivity index (χ2v) is 2.36. The van der Waals surface area contributed by atoms with Crippen LogP contribution in [0.2, 0.25) is 0 Å². The predicted molar refractivity (Wildman–Crippen MR) is 57.1 cm³/mol. The molecule has 0 bridgehead atoms. The van der Waals surface area contributed by atoms with E-state index >= 15 is 0 Å². The van der Waals surface area contributed by atoms with Crippen LogP contribution >= 0.6 is 0 Å². The van der Waals surface area contributed by atoms with Crippen molar-refractivity contribution in [2.75, 3.05) is 0 Å². The SMILES string of the molecule is CC.CC/C=C\c1ccc(F)cc1. The van der Waals surface area contributed by atoms with Crippen LogP contribution in [-0.2, 0) is 0 Å². The quantitative estimate of drug-likeness (QED) is 0.637. The highest BCUT2D eigenvalue weighted by molar-refractivity contribution is 5.48. The molecule has 0 aliphatic carbocycles. The molecule has 0 aliphatic heterocycles. The molecular weight excluding hydrogens is 163 g/mol. The zero-order chi connectivity index (χ0) is 10.1. The first kappa shape index (κ1) is 11.9. The maximum atomic E-state index is 12.4. The van der Waals surface area contributed by atoms with E-state index in [-0.39, 0.29) is 5.82 Å². The maximum Gasteiger partial charge on any atom is 0.123 e. The van der Waals surface area contributed by atoms with Crippen LogP contribution in [0.3, 0.4) is 0 Å². The zero-order valence-electron chi connectivity index (χ0n) is 8.55. The summed E-state index contributed by atoms with van der Waals surface area (Å²) < 4.78 is 12.4. The zero-order valence-corrected chi connectivity index (χ0v) is 8.55. The third-order valence-electron chi connectivity index (χ3n) is 1.42. The van der Waals surface area contributed by atoms with Crippen molar-refractivity contribution in [1.82, 2.24) is 0 Å². The topological polar surface area (TPSA) is 0 Å². The van der Waals surface area contributed by atoms with E-state index in [1.807, 2.05) is 26.0 Å². The first-order chi connectivity index (χ1) is 6.33. The van der Waals surface area contributed by atoms with Crippen LogP contribution in [0.5, 0.6) is 0 Å². The van der Waals surface area contributed by atoms with Crippen LogP contribution in [-0.4, -0.2) is 0 Å². The van der Waals surface area contributed by atoms with E-state index in [2.05, 4.69) is 6.92 Å². The first-order valence-corrected chi connectivity index (χ1v) is 4.75. The number of rotatable bonds is 2. The van der Waals surface area contributed by atoms with Crippen molar-refractivity contribution in [3.63, 3.8) is 0 Å². The summed E-state index contributed by atoms with van der Waals surface area (Å²) in [6.07, 6.45) is 5.05. The van der Waals surface area contributed by atoms with Gasteiger partial charge in [-0.2, -0.15) is 0 Å². The fourth-order valence-electron chi connectivity index (χ4n) is 0.828. The molecule has 0 spiro atoms. The Kier molecular flexibility index (Phi) is 6.89. The molecule has 0 radical (unpaired) electrons. The Labute approximate surface area is 80.1 Å². The minimum Gasteiger partial charge on any atom is -0.207 e. The number of allylic oxidation sites excluding steroid dienone is 1. The molecule has 0 N–H and O–H groups in total. The van der Waals surface area contributed by atoms with E-state index in [0.29, 0.717) is 0 Å². The number of halogens is 1. The molecule has 0 unspecified atom stereocenters. The standard InChI is InChI=1S/C10H11F.C2H6/c1-2-3-4-9-5-7-10(11)8-6-9;1-2/h3-8H,2H2,1H3;1-2H3/b4-3-;. The minimum atomic E-state index is -0.182. The lowest BCUT2D eigenvalue weighted by molar-refractivity contribution is 0.628. The Morgan fingerprint density at radius 1 is 1.15 bits per heavy atom. The normalized spacial score (nSPS) is 9.54. The second-order valence-electron chi connectivity index (χ2n) is 2.36. The summed E-state index contributed by atoms with van der Waals surface area (Å²) in [5, 5.41) is 0. The average molecular weight is 180 g/mol. The van der Waals surface area contributed by atoms with Crippen LogP contribution in [0, 0.1) is 5.82 Å². The second kappa shape index (κ2) is 7.53. The number of hydrogen-bond acceptors (Lipinski definition) is 0. The van der Waals surface area contributed by atoms with Gasteiger partial charge >= 0.3 is 0 Å². The van der Waals surface area contributed by atoms with E-state index in [1.54, 1.807) is 12.1 Å². The fraction of sp³-hybridized carbons (Fsp3) is 0.333. The maximum absolute atomic E-state index is 12.4. The monoisotopic (exact) mass is 180 g/mol. The van der Waals surface area contributed by atoms with Crippen molar-refractivity contribution in [3.8, 4) is 0 Å². The summed E-state index contributed by atoms with van der Waals surface area (Å²) in [7, 11) is 0. The Balaban J connectivity index is 0.000000671. The summed E-state index contributed by atoms with van der Waals surface area (Å²) in [6, 6.07) is 6.47. The van der Waals surface area contributed by atoms with E-state index in [4.69, 9.17) is 0 Å². The van der Waals surface area contributed by atoms with E-state index < -0.39 is 0 Å². The van der Waals surface area contributed by atoms with Gasteiger partial charge in [-0.15, -0.1) is 0 Å². The molecule has 1 aromatic carbocycles. The molecule has 0 atom stereocenters. The van der Waals surface area contributed by atoms with E-state index in [9.17, 15) is 4.39 Å². The molecule has 0 heterocycles. The van der Waals surface area contributed by atoms with Gasteiger partial charge in [-0.1, -0.05) is 45.1 Å². The van der Waals surface area contributed by atoms with Gasteiger partial charge in [0.05, 0.1) is 0 Å². The van der Waals surface area contributed by atoms with Gasteiger partial charge < -0.3 is 0 Å². The molecule has 0 amide bonds. The van der Waals surface area contributed by atoms with Crippen LogP contribution in [0.15, 0.2) is 30.3 Å². The lowest BCUT2D eigenvalue weighted by atomic mass is 10.2. The van der Waals surface area contributed by atoms with Crippen molar-refractivity contribution in [2.45, 2.75) is 27.2 Å². The number of hydrogen-bond donors (Lipinski definition) is 0. The molecular formula is C12H17F. The van der Waals surface area contributed by atoms with Crippen molar-refractivity contribution in [2.24, 2.45) is 0 Å². The van der Waals surface area contributed by atoms with Crippen LogP contribution in [0.1, 0.15) is 32.8 Å². The molecule has 72 valence electrons. The molecule has 0 fully saturated rings. The van der Waals surface area contributed by atoms with Crippen LogP contribution < -0.4 is 0 Å². The predicted octanol–water partition coefficient (Wildman–Crippen LogP) is 4.28. The molecule has 0 saturated carbocycles. The van der Waals surface area contributed by atoms with Crippen LogP contribution in [0.4, 0.5) is 4.39 Å². The minimum absolute atomic E-state index is 0.182. The summed E-state index contributed by atoms with van der Waals surface area (Å²) in [4.78, 5) is 0. The largest absolute Gasteiger partial charge is 0.207 e. The molecule has 0 nitrogen and oxygen atoms in total. The van der Waals surface area contributed by atoms with Gasteiger partial charge in [-0.25, -0.2) is 4.39 Å². The van der Waals surface area contributed by atoms with Gasteiger partial charge in [0.1, 0.15) is 5.82 Å². The van der Waals surface area contributed by atoms with Crippen LogP contribution in [0.25, 0.3) is 6.08 Å². The first-order valence-electron chi connectivity index (χ1n) is 4.75. The molecule has 1 heteroatoms. The fourth-order valence-corrected chi connectivity index (χ4v) is 0.828. The lowest BCUT2D eigenvalue weighted by Gasteiger charge is -1.90. The Morgan fingerprint density at radius 3 is 2.15 bits per heavy atom. The summed E-state index contributed by atoms with van der Waals surface area (Å²) in [5.74, 6) is -0.182. The van der Waals surface area contributed by atoms with E-state index in [1.165, 1.54) is 12.1 Å². The molecule has 0 aliphatic rings. The van der Waals surface area contributed by atoms with Gasteiger partial charge in [0.15, 0.2) is 0 Å².